The van der Waals surface area contributed by atoms with Gasteiger partial charge in [0.1, 0.15) is 12.4 Å². The van der Waals surface area contributed by atoms with Crippen molar-refractivity contribution in [2.45, 2.75) is 27.7 Å². The molecule has 0 unspecified atom stereocenters. The summed E-state index contributed by atoms with van der Waals surface area (Å²) < 4.78 is 5.75. The molecule has 0 amide bonds. The Kier molecular flexibility index (Phi) is 7.11. The molecule has 0 radical (unpaired) electrons. The molecule has 0 saturated carbocycles. The molecule has 0 aliphatic carbocycles. The molecule has 1 aromatic rings. The molecule has 0 fully saturated rings. The van der Waals surface area contributed by atoms with Crippen LogP contribution in [0.1, 0.15) is 33.3 Å². The van der Waals surface area contributed by atoms with Crippen LogP contribution in [-0.2, 0) is 0 Å². The van der Waals surface area contributed by atoms with E-state index >= 15 is 0 Å². The predicted molar refractivity (Wildman–Crippen MR) is 82.8 cm³/mol. The summed E-state index contributed by atoms with van der Waals surface area (Å²) in [7, 11) is 0. The fraction of sp³-hybridized carbons (Fsp3) is 0.588. The van der Waals surface area contributed by atoms with E-state index in [1.165, 1.54) is 0 Å². The van der Waals surface area contributed by atoms with Crippen LogP contribution in [0.5, 0.6) is 5.75 Å². The van der Waals surface area contributed by atoms with Gasteiger partial charge in [0.2, 0.25) is 0 Å². The van der Waals surface area contributed by atoms with Crippen molar-refractivity contribution in [3.63, 3.8) is 0 Å². The number of nitriles is 1. The first-order valence-electron chi connectivity index (χ1n) is 7.36. The number of rotatable bonds is 8. The van der Waals surface area contributed by atoms with E-state index in [9.17, 15) is 0 Å². The van der Waals surface area contributed by atoms with Crippen LogP contribution in [0.15, 0.2) is 24.3 Å². The second-order valence-corrected chi connectivity index (χ2v) is 6.03. The highest BCUT2D eigenvalue weighted by Gasteiger charge is 2.09. The third-order valence-corrected chi connectivity index (χ3v) is 2.91. The summed E-state index contributed by atoms with van der Waals surface area (Å²) in [5, 5.41) is 8.75. The largest absolute Gasteiger partial charge is 0.492 e. The van der Waals surface area contributed by atoms with E-state index in [1.807, 2.05) is 12.1 Å². The Morgan fingerprint density at radius 1 is 1.05 bits per heavy atom. The summed E-state index contributed by atoms with van der Waals surface area (Å²) in [4.78, 5) is 2.46. The van der Waals surface area contributed by atoms with Gasteiger partial charge < -0.3 is 4.74 Å². The second-order valence-electron chi connectivity index (χ2n) is 6.03. The van der Waals surface area contributed by atoms with Gasteiger partial charge in [-0.3, -0.25) is 4.90 Å². The Morgan fingerprint density at radius 3 is 2.05 bits per heavy atom. The van der Waals surface area contributed by atoms with Crippen molar-refractivity contribution in [1.82, 2.24) is 4.90 Å². The molecule has 0 aliphatic rings. The van der Waals surface area contributed by atoms with Crippen molar-refractivity contribution in [3.8, 4) is 11.8 Å². The topological polar surface area (TPSA) is 36.3 Å². The first-order chi connectivity index (χ1) is 9.51. The first-order valence-corrected chi connectivity index (χ1v) is 7.36. The number of benzene rings is 1. The van der Waals surface area contributed by atoms with Crippen LogP contribution in [0.4, 0.5) is 0 Å². The zero-order valence-electron chi connectivity index (χ0n) is 13.1. The average Bonchev–Trinajstić information content (AvgIpc) is 2.38. The molecular formula is C17H26N2O. The van der Waals surface area contributed by atoms with Gasteiger partial charge in [0.15, 0.2) is 0 Å². The second kappa shape index (κ2) is 8.60. The van der Waals surface area contributed by atoms with Gasteiger partial charge in [-0.05, 0) is 36.1 Å². The zero-order valence-corrected chi connectivity index (χ0v) is 13.1. The van der Waals surface area contributed by atoms with Crippen molar-refractivity contribution < 1.29 is 4.74 Å². The molecule has 0 spiro atoms. The zero-order chi connectivity index (χ0) is 15.0. The quantitative estimate of drug-likeness (QED) is 0.727. The average molecular weight is 274 g/mol. The van der Waals surface area contributed by atoms with Gasteiger partial charge in [-0.2, -0.15) is 5.26 Å². The molecule has 110 valence electrons. The van der Waals surface area contributed by atoms with Gasteiger partial charge in [0, 0.05) is 19.6 Å². The third kappa shape index (κ3) is 6.58. The molecular weight excluding hydrogens is 248 g/mol. The third-order valence-electron chi connectivity index (χ3n) is 2.91. The van der Waals surface area contributed by atoms with Gasteiger partial charge in [0.05, 0.1) is 11.6 Å². The van der Waals surface area contributed by atoms with Crippen molar-refractivity contribution in [2.24, 2.45) is 11.8 Å². The van der Waals surface area contributed by atoms with Crippen LogP contribution in [0.3, 0.4) is 0 Å². The van der Waals surface area contributed by atoms with Gasteiger partial charge in [0.25, 0.3) is 0 Å². The summed E-state index contributed by atoms with van der Waals surface area (Å²) in [6.07, 6.45) is 0. The Labute approximate surface area is 123 Å². The van der Waals surface area contributed by atoms with Crippen LogP contribution in [-0.4, -0.2) is 31.1 Å². The van der Waals surface area contributed by atoms with Gasteiger partial charge in [-0.1, -0.05) is 27.7 Å². The summed E-state index contributed by atoms with van der Waals surface area (Å²) in [5.74, 6) is 2.17. The molecule has 3 nitrogen and oxygen atoms in total. The van der Waals surface area contributed by atoms with Crippen molar-refractivity contribution in [1.29, 1.82) is 5.26 Å². The lowest BCUT2D eigenvalue weighted by molar-refractivity contribution is 0.177. The minimum atomic E-state index is 0.665. The minimum Gasteiger partial charge on any atom is -0.492 e. The molecule has 0 aliphatic heterocycles. The predicted octanol–water partition coefficient (Wildman–Crippen LogP) is 3.55. The molecule has 0 bridgehead atoms. The van der Waals surface area contributed by atoms with Gasteiger partial charge in [-0.25, -0.2) is 0 Å². The maximum absolute atomic E-state index is 8.75. The van der Waals surface area contributed by atoms with Crippen LogP contribution in [0.2, 0.25) is 0 Å². The standard InChI is InChI=1S/C17H26N2O/c1-14(2)12-19(13-15(3)4)9-10-20-17-7-5-16(11-18)6-8-17/h5-8,14-15H,9-10,12-13H2,1-4H3. The lowest BCUT2D eigenvalue weighted by Gasteiger charge is -2.26. The number of nitrogens with zero attached hydrogens (tertiary/aromatic N) is 2. The number of hydrogen-bond donors (Lipinski definition) is 0. The van der Waals surface area contributed by atoms with E-state index in [-0.39, 0.29) is 0 Å². The van der Waals surface area contributed by atoms with Crippen LogP contribution in [0.25, 0.3) is 0 Å². The van der Waals surface area contributed by atoms with E-state index in [4.69, 9.17) is 10.00 Å². The molecule has 0 N–H and O–H groups in total. The van der Waals surface area contributed by atoms with E-state index in [0.717, 1.165) is 25.4 Å². The molecule has 0 atom stereocenters. The Balaban J connectivity index is 2.40. The van der Waals surface area contributed by atoms with Crippen molar-refractivity contribution in [3.05, 3.63) is 29.8 Å². The molecule has 1 rings (SSSR count). The molecule has 0 saturated heterocycles. The van der Waals surface area contributed by atoms with Gasteiger partial charge in [-0.15, -0.1) is 0 Å². The molecule has 20 heavy (non-hydrogen) atoms. The lowest BCUT2D eigenvalue weighted by atomic mass is 10.1. The maximum Gasteiger partial charge on any atom is 0.119 e. The molecule has 3 heteroatoms. The van der Waals surface area contributed by atoms with E-state index < -0.39 is 0 Å². The minimum absolute atomic E-state index is 0.665. The smallest absolute Gasteiger partial charge is 0.119 e. The normalized spacial score (nSPS) is 11.1. The van der Waals surface area contributed by atoms with E-state index in [1.54, 1.807) is 12.1 Å². The highest BCUT2D eigenvalue weighted by molar-refractivity contribution is 5.34. The SMILES string of the molecule is CC(C)CN(CCOc1ccc(C#N)cc1)CC(C)C. The fourth-order valence-electron chi connectivity index (χ4n) is 2.21. The van der Waals surface area contributed by atoms with Crippen molar-refractivity contribution >= 4 is 0 Å². The lowest BCUT2D eigenvalue weighted by Crippen LogP contribution is -2.34. The molecule has 1 aromatic carbocycles. The highest BCUT2D eigenvalue weighted by Crippen LogP contribution is 2.12. The Morgan fingerprint density at radius 2 is 1.60 bits per heavy atom. The first kappa shape index (κ1) is 16.5. The number of hydrogen-bond acceptors (Lipinski definition) is 3. The van der Waals surface area contributed by atoms with E-state index in [0.29, 0.717) is 24.0 Å². The maximum atomic E-state index is 8.75. The highest BCUT2D eigenvalue weighted by atomic mass is 16.5. The van der Waals surface area contributed by atoms with Crippen LogP contribution >= 0.6 is 0 Å². The monoisotopic (exact) mass is 274 g/mol. The molecule has 0 heterocycles. The Bertz CT molecular complexity index is 408. The number of ether oxygens (including phenoxy) is 1. The van der Waals surface area contributed by atoms with E-state index in [2.05, 4.69) is 38.7 Å². The fourth-order valence-corrected chi connectivity index (χ4v) is 2.21. The summed E-state index contributed by atoms with van der Waals surface area (Å²) in [6, 6.07) is 9.39. The van der Waals surface area contributed by atoms with Crippen molar-refractivity contribution in [2.75, 3.05) is 26.2 Å². The summed E-state index contributed by atoms with van der Waals surface area (Å²) in [6.45, 7) is 12.8. The van der Waals surface area contributed by atoms with Crippen LogP contribution in [0, 0.1) is 23.2 Å². The molecule has 0 aromatic heterocycles. The Hall–Kier alpha value is -1.53. The van der Waals surface area contributed by atoms with Crippen LogP contribution < -0.4 is 4.74 Å². The van der Waals surface area contributed by atoms with Gasteiger partial charge >= 0.3 is 0 Å². The summed E-state index contributed by atoms with van der Waals surface area (Å²) >= 11 is 0. The summed E-state index contributed by atoms with van der Waals surface area (Å²) in [5.41, 5.74) is 0.665.